The number of rotatable bonds is 8. The van der Waals surface area contributed by atoms with Crippen LogP contribution in [0.25, 0.3) is 0 Å². The van der Waals surface area contributed by atoms with Gasteiger partial charge in [0.25, 0.3) is 0 Å². The molecule has 1 saturated heterocycles. The van der Waals surface area contributed by atoms with Crippen molar-refractivity contribution in [3.63, 3.8) is 0 Å². The van der Waals surface area contributed by atoms with Crippen LogP contribution >= 0.6 is 27.3 Å². The van der Waals surface area contributed by atoms with Gasteiger partial charge in [0, 0.05) is 34.8 Å². The largest absolute Gasteiger partial charge is 0.468 e. The monoisotopic (exact) mass is 564 g/mol. The standard InChI is InChI=1S/C24H26BrFN4O4S/c1-4-34-24(32)20-18-9-14(11-29(2)13-19(31)33-3)12-30(18)22(23-27-7-8-35-23)28-21(20)16-6-5-15(26)10-17(16)25/h5-8,10,14,21H,4,9,11-13H2,1-3H3/t14-,21-/m0/s1. The molecule has 1 fully saturated rings. The molecule has 0 amide bonds. The number of hydrogen-bond donors (Lipinski definition) is 0. The topological polar surface area (TPSA) is 84.3 Å². The highest BCUT2D eigenvalue weighted by molar-refractivity contribution is 9.10. The van der Waals surface area contributed by atoms with Gasteiger partial charge in [-0.3, -0.25) is 14.7 Å². The number of amidine groups is 1. The maximum Gasteiger partial charge on any atom is 0.338 e. The second-order valence-corrected chi connectivity index (χ2v) is 10.1. The van der Waals surface area contributed by atoms with Gasteiger partial charge < -0.3 is 14.4 Å². The molecule has 186 valence electrons. The lowest BCUT2D eigenvalue weighted by molar-refractivity contribution is -0.141. The van der Waals surface area contributed by atoms with Crippen LogP contribution in [0.3, 0.4) is 0 Å². The zero-order valence-corrected chi connectivity index (χ0v) is 22.1. The van der Waals surface area contributed by atoms with Crippen LogP contribution in [0.1, 0.15) is 30.0 Å². The SMILES string of the molecule is CCOC(=O)C1=C2C[C@@H](CN(C)CC(=O)OC)CN2C(c2nccs2)=N[C@H]1c1ccc(F)cc1Br. The third kappa shape index (κ3) is 5.46. The smallest absolute Gasteiger partial charge is 0.338 e. The second kappa shape index (κ2) is 11.0. The fourth-order valence-corrected chi connectivity index (χ4v) is 5.71. The number of likely N-dealkylation sites (N-methyl/N-ethyl adjacent to an activating group) is 1. The molecule has 0 saturated carbocycles. The van der Waals surface area contributed by atoms with Gasteiger partial charge >= 0.3 is 11.9 Å². The Morgan fingerprint density at radius 3 is 2.83 bits per heavy atom. The van der Waals surface area contributed by atoms with E-state index in [0.29, 0.717) is 41.0 Å². The normalized spacial score (nSPS) is 19.6. The highest BCUT2D eigenvalue weighted by Crippen LogP contribution is 2.44. The minimum Gasteiger partial charge on any atom is -0.468 e. The third-order valence-corrected chi connectivity index (χ3v) is 7.37. The van der Waals surface area contributed by atoms with Gasteiger partial charge in [0.15, 0.2) is 10.8 Å². The number of aromatic nitrogens is 1. The van der Waals surface area contributed by atoms with Crippen LogP contribution in [-0.2, 0) is 19.1 Å². The number of ether oxygens (including phenoxy) is 2. The van der Waals surface area contributed by atoms with Crippen LogP contribution < -0.4 is 0 Å². The summed E-state index contributed by atoms with van der Waals surface area (Å²) in [5.74, 6) is -0.339. The number of thiazole rings is 1. The lowest BCUT2D eigenvalue weighted by atomic mass is 9.93. The predicted octanol–water partition coefficient (Wildman–Crippen LogP) is 3.79. The maximum absolute atomic E-state index is 13.9. The number of fused-ring (bicyclic) bond motifs is 1. The van der Waals surface area contributed by atoms with E-state index >= 15 is 0 Å². The number of carbonyl (C=O) groups excluding carboxylic acids is 2. The number of carbonyl (C=O) groups is 2. The first-order chi connectivity index (χ1) is 16.8. The van der Waals surface area contributed by atoms with Crippen molar-refractivity contribution in [3.8, 4) is 0 Å². The van der Waals surface area contributed by atoms with Crippen molar-refractivity contribution >= 4 is 45.0 Å². The third-order valence-electron chi connectivity index (χ3n) is 5.91. The zero-order chi connectivity index (χ0) is 25.1. The summed E-state index contributed by atoms with van der Waals surface area (Å²) in [6.07, 6.45) is 2.31. The molecule has 1 aromatic heterocycles. The van der Waals surface area contributed by atoms with Crippen LogP contribution in [0.4, 0.5) is 4.39 Å². The van der Waals surface area contributed by atoms with Crippen molar-refractivity contribution < 1.29 is 23.5 Å². The fraction of sp³-hybridized carbons (Fsp3) is 0.417. The molecule has 2 aliphatic rings. The quantitative estimate of drug-likeness (QED) is 0.451. The van der Waals surface area contributed by atoms with Gasteiger partial charge in [-0.2, -0.15) is 0 Å². The second-order valence-electron chi connectivity index (χ2n) is 8.39. The average Bonchev–Trinajstić information content (AvgIpc) is 3.48. The van der Waals surface area contributed by atoms with E-state index in [-0.39, 0.29) is 30.9 Å². The molecule has 2 aromatic rings. The highest BCUT2D eigenvalue weighted by atomic mass is 79.9. The highest BCUT2D eigenvalue weighted by Gasteiger charge is 2.42. The van der Waals surface area contributed by atoms with Gasteiger partial charge in [0.05, 0.1) is 25.8 Å². The Kier molecular flexibility index (Phi) is 7.98. The number of esters is 2. The number of hydrogen-bond acceptors (Lipinski definition) is 9. The molecule has 0 N–H and O–H groups in total. The molecule has 0 bridgehead atoms. The molecule has 3 heterocycles. The van der Waals surface area contributed by atoms with E-state index < -0.39 is 12.0 Å². The van der Waals surface area contributed by atoms with Crippen LogP contribution in [0.15, 0.2) is 50.5 Å². The van der Waals surface area contributed by atoms with E-state index in [4.69, 9.17) is 14.5 Å². The van der Waals surface area contributed by atoms with Gasteiger partial charge in [0.2, 0.25) is 0 Å². The van der Waals surface area contributed by atoms with Gasteiger partial charge in [-0.15, -0.1) is 11.3 Å². The number of nitrogens with zero attached hydrogens (tertiary/aromatic N) is 4. The lowest BCUT2D eigenvalue weighted by Crippen LogP contribution is -2.37. The average molecular weight is 565 g/mol. The fourth-order valence-electron chi connectivity index (χ4n) is 4.50. The molecule has 0 unspecified atom stereocenters. The summed E-state index contributed by atoms with van der Waals surface area (Å²) in [6.45, 7) is 3.40. The first-order valence-electron chi connectivity index (χ1n) is 11.2. The molecule has 11 heteroatoms. The van der Waals surface area contributed by atoms with E-state index in [1.807, 2.05) is 22.2 Å². The summed E-state index contributed by atoms with van der Waals surface area (Å²) in [5.41, 5.74) is 1.93. The van der Waals surface area contributed by atoms with E-state index in [2.05, 4.69) is 20.9 Å². The molecule has 2 aliphatic heterocycles. The predicted molar refractivity (Wildman–Crippen MR) is 133 cm³/mol. The Bertz CT molecular complexity index is 1170. The van der Waals surface area contributed by atoms with Gasteiger partial charge in [0.1, 0.15) is 11.9 Å². The number of methoxy groups -OCH3 is 1. The summed E-state index contributed by atoms with van der Waals surface area (Å²) in [7, 11) is 3.23. The first-order valence-corrected chi connectivity index (χ1v) is 12.8. The van der Waals surface area contributed by atoms with Crippen molar-refractivity contribution in [1.29, 1.82) is 0 Å². The Hall–Kier alpha value is -2.63. The van der Waals surface area contributed by atoms with E-state index in [1.165, 1.54) is 30.6 Å². The molecule has 2 atom stereocenters. The van der Waals surface area contributed by atoms with Crippen molar-refractivity contribution in [2.75, 3.05) is 40.4 Å². The number of benzene rings is 1. The van der Waals surface area contributed by atoms with Crippen molar-refractivity contribution in [1.82, 2.24) is 14.8 Å². The molecule has 0 radical (unpaired) electrons. The molecule has 35 heavy (non-hydrogen) atoms. The molecule has 1 aromatic carbocycles. The Morgan fingerprint density at radius 1 is 1.37 bits per heavy atom. The number of halogens is 2. The summed E-state index contributed by atoms with van der Waals surface area (Å²) >= 11 is 4.92. The van der Waals surface area contributed by atoms with Gasteiger partial charge in [-0.25, -0.2) is 14.2 Å². The van der Waals surface area contributed by atoms with Crippen LogP contribution in [0.5, 0.6) is 0 Å². The summed E-state index contributed by atoms with van der Waals surface area (Å²) in [6, 6.07) is 3.68. The zero-order valence-electron chi connectivity index (χ0n) is 19.7. The Labute approximate surface area is 215 Å². The minimum atomic E-state index is -0.680. The molecule has 0 spiro atoms. The van der Waals surface area contributed by atoms with Crippen LogP contribution in [0.2, 0.25) is 0 Å². The summed E-state index contributed by atoms with van der Waals surface area (Å²) in [5, 5.41) is 2.61. The van der Waals surface area contributed by atoms with E-state index in [1.54, 1.807) is 19.2 Å². The van der Waals surface area contributed by atoms with Crippen LogP contribution in [0, 0.1) is 11.7 Å². The number of allylic oxidation sites excluding steroid dienone is 1. The van der Waals surface area contributed by atoms with Crippen LogP contribution in [-0.4, -0.2) is 73.0 Å². The minimum absolute atomic E-state index is 0.129. The Morgan fingerprint density at radius 2 is 2.17 bits per heavy atom. The van der Waals surface area contributed by atoms with Crippen molar-refractivity contribution in [2.45, 2.75) is 19.4 Å². The van der Waals surface area contributed by atoms with Gasteiger partial charge in [-0.1, -0.05) is 22.0 Å². The lowest BCUT2D eigenvalue weighted by Gasteiger charge is -2.32. The van der Waals surface area contributed by atoms with E-state index in [0.717, 1.165) is 10.7 Å². The first kappa shape index (κ1) is 25.5. The summed E-state index contributed by atoms with van der Waals surface area (Å²) < 4.78 is 24.6. The Balaban J connectivity index is 1.78. The van der Waals surface area contributed by atoms with Crippen molar-refractivity contribution in [2.24, 2.45) is 10.9 Å². The number of aliphatic imine (C=N–C) groups is 1. The van der Waals surface area contributed by atoms with E-state index in [9.17, 15) is 14.0 Å². The molecule has 8 nitrogen and oxygen atoms in total. The maximum atomic E-state index is 13.9. The molecule has 0 aliphatic carbocycles. The van der Waals surface area contributed by atoms with Gasteiger partial charge in [-0.05, 0) is 44.0 Å². The summed E-state index contributed by atoms with van der Waals surface area (Å²) in [4.78, 5) is 38.4. The molecular formula is C24H26BrFN4O4S. The molecular weight excluding hydrogens is 539 g/mol. The molecule has 4 rings (SSSR count). The van der Waals surface area contributed by atoms with Crippen molar-refractivity contribution in [3.05, 3.63) is 61.9 Å².